The van der Waals surface area contributed by atoms with E-state index < -0.39 is 10.8 Å². The van der Waals surface area contributed by atoms with Crippen LogP contribution in [-0.2, 0) is 15.5 Å². The van der Waals surface area contributed by atoms with E-state index in [1.54, 1.807) is 14.2 Å². The third-order valence-electron chi connectivity index (χ3n) is 2.98. The lowest BCUT2D eigenvalue weighted by Crippen LogP contribution is -2.25. The van der Waals surface area contributed by atoms with E-state index in [1.807, 2.05) is 26.1 Å². The van der Waals surface area contributed by atoms with Crippen LogP contribution in [0.5, 0.6) is 5.75 Å². The molecule has 0 amide bonds. The molecule has 0 aliphatic carbocycles. The largest absolute Gasteiger partial charge is 0.496 e. The number of rotatable bonds is 8. The van der Waals surface area contributed by atoms with Gasteiger partial charge in [-0.05, 0) is 20.0 Å². The molecule has 1 N–H and O–H groups in total. The normalized spacial score (nSPS) is 14.1. The minimum atomic E-state index is -0.910. The Morgan fingerprint density at radius 2 is 2.11 bits per heavy atom. The Labute approximate surface area is 118 Å². The van der Waals surface area contributed by atoms with Gasteiger partial charge in [0.05, 0.1) is 13.7 Å². The maximum absolute atomic E-state index is 12.0. The van der Waals surface area contributed by atoms with Gasteiger partial charge in [-0.25, -0.2) is 0 Å². The number of benzene rings is 1. The monoisotopic (exact) mass is 285 g/mol. The second-order valence-electron chi connectivity index (χ2n) is 4.39. The molecular formula is C14H23NO3S. The van der Waals surface area contributed by atoms with Gasteiger partial charge in [0, 0.05) is 41.0 Å². The summed E-state index contributed by atoms with van der Waals surface area (Å²) in [5.41, 5.74) is 2.22. The summed E-state index contributed by atoms with van der Waals surface area (Å²) in [7, 11) is 4.24. The Hall–Kier alpha value is -0.910. The molecule has 1 aromatic rings. The van der Waals surface area contributed by atoms with E-state index >= 15 is 0 Å². The van der Waals surface area contributed by atoms with E-state index in [0.717, 1.165) is 11.3 Å². The fourth-order valence-corrected chi connectivity index (χ4v) is 3.14. The van der Waals surface area contributed by atoms with Crippen LogP contribution in [0.25, 0.3) is 0 Å². The number of ether oxygens (including phenoxy) is 2. The van der Waals surface area contributed by atoms with E-state index in [2.05, 4.69) is 11.4 Å². The lowest BCUT2D eigenvalue weighted by Gasteiger charge is -2.19. The Morgan fingerprint density at radius 1 is 1.37 bits per heavy atom. The molecule has 19 heavy (non-hydrogen) atoms. The van der Waals surface area contributed by atoms with Gasteiger partial charge in [-0.1, -0.05) is 17.7 Å². The zero-order valence-electron chi connectivity index (χ0n) is 12.1. The van der Waals surface area contributed by atoms with Crippen LogP contribution in [0, 0.1) is 6.92 Å². The number of methoxy groups -OCH3 is 2. The first-order valence-electron chi connectivity index (χ1n) is 6.28. The Morgan fingerprint density at radius 3 is 2.68 bits per heavy atom. The van der Waals surface area contributed by atoms with Gasteiger partial charge in [-0.15, -0.1) is 0 Å². The number of aryl methyl sites for hydroxylation is 1. The molecule has 5 heteroatoms. The molecule has 0 saturated heterocycles. The van der Waals surface area contributed by atoms with Crippen LogP contribution in [0.2, 0.25) is 0 Å². The molecular weight excluding hydrogens is 262 g/mol. The summed E-state index contributed by atoms with van der Waals surface area (Å²) in [6.07, 6.45) is 0. The molecule has 0 bridgehead atoms. The topological polar surface area (TPSA) is 47.6 Å². The lowest BCUT2D eigenvalue weighted by molar-refractivity contribution is 0.218. The van der Waals surface area contributed by atoms with Gasteiger partial charge in [0.1, 0.15) is 5.75 Å². The van der Waals surface area contributed by atoms with Crippen molar-refractivity contribution < 1.29 is 13.7 Å². The van der Waals surface area contributed by atoms with Crippen LogP contribution in [0.3, 0.4) is 0 Å². The molecule has 1 rings (SSSR count). The van der Waals surface area contributed by atoms with Crippen LogP contribution in [0.15, 0.2) is 18.2 Å². The first-order valence-corrected chi connectivity index (χ1v) is 7.76. The van der Waals surface area contributed by atoms with Gasteiger partial charge < -0.3 is 14.8 Å². The average Bonchev–Trinajstić information content (AvgIpc) is 2.42. The highest BCUT2D eigenvalue weighted by Crippen LogP contribution is 2.26. The quantitative estimate of drug-likeness (QED) is 0.789. The molecule has 1 aromatic carbocycles. The highest BCUT2D eigenvalue weighted by atomic mass is 32.2. The molecule has 0 fully saturated rings. The standard InChI is InChI=1S/C14H23NO3S/c1-11-5-6-14(18-4)12(9-11)13(15-2)10-19(16)8-7-17-3/h5-6,9,13,15H,7-8,10H2,1-4H3. The predicted molar refractivity (Wildman–Crippen MR) is 79.3 cm³/mol. The summed E-state index contributed by atoms with van der Waals surface area (Å²) in [4.78, 5) is 0. The van der Waals surface area contributed by atoms with Crippen molar-refractivity contribution in [3.8, 4) is 5.75 Å². The molecule has 108 valence electrons. The highest BCUT2D eigenvalue weighted by Gasteiger charge is 2.17. The first-order chi connectivity index (χ1) is 9.12. The van der Waals surface area contributed by atoms with Crippen molar-refractivity contribution in [1.82, 2.24) is 5.32 Å². The van der Waals surface area contributed by atoms with Crippen molar-refractivity contribution in [2.75, 3.05) is 39.4 Å². The average molecular weight is 285 g/mol. The molecule has 0 saturated carbocycles. The van der Waals surface area contributed by atoms with Crippen molar-refractivity contribution in [3.63, 3.8) is 0 Å². The molecule has 0 radical (unpaired) electrons. The van der Waals surface area contributed by atoms with Gasteiger partial charge in [0.2, 0.25) is 0 Å². The smallest absolute Gasteiger partial charge is 0.123 e. The van der Waals surface area contributed by atoms with Crippen LogP contribution in [0.1, 0.15) is 17.2 Å². The molecule has 0 aliphatic heterocycles. The van der Waals surface area contributed by atoms with Gasteiger partial charge in [-0.2, -0.15) is 0 Å². The molecule has 4 nitrogen and oxygen atoms in total. The summed E-state index contributed by atoms with van der Waals surface area (Å²) in [6.45, 7) is 2.56. The van der Waals surface area contributed by atoms with Crippen LogP contribution in [0.4, 0.5) is 0 Å². The van der Waals surface area contributed by atoms with Crippen molar-refractivity contribution >= 4 is 10.8 Å². The summed E-state index contributed by atoms with van der Waals surface area (Å²) < 4.78 is 22.3. The highest BCUT2D eigenvalue weighted by molar-refractivity contribution is 7.85. The Balaban J connectivity index is 2.84. The van der Waals surface area contributed by atoms with E-state index in [-0.39, 0.29) is 6.04 Å². The van der Waals surface area contributed by atoms with Crippen molar-refractivity contribution in [3.05, 3.63) is 29.3 Å². The van der Waals surface area contributed by atoms with Gasteiger partial charge in [-0.3, -0.25) is 4.21 Å². The lowest BCUT2D eigenvalue weighted by atomic mass is 10.0. The van der Waals surface area contributed by atoms with Crippen molar-refractivity contribution in [2.45, 2.75) is 13.0 Å². The molecule has 2 unspecified atom stereocenters. The first kappa shape index (κ1) is 16.1. The fraction of sp³-hybridized carbons (Fsp3) is 0.571. The van der Waals surface area contributed by atoms with Crippen molar-refractivity contribution in [2.24, 2.45) is 0 Å². The molecule has 2 atom stereocenters. The third-order valence-corrected chi connectivity index (χ3v) is 4.30. The summed E-state index contributed by atoms with van der Waals surface area (Å²) in [5, 5.41) is 3.21. The predicted octanol–water partition coefficient (Wildman–Crippen LogP) is 1.66. The number of nitrogens with one attached hydrogen (secondary N) is 1. The van der Waals surface area contributed by atoms with Gasteiger partial charge >= 0.3 is 0 Å². The molecule has 0 aromatic heterocycles. The summed E-state index contributed by atoms with van der Waals surface area (Å²) >= 11 is 0. The maximum atomic E-state index is 12.0. The second-order valence-corrected chi connectivity index (χ2v) is 6.01. The second kappa shape index (κ2) is 8.30. The summed E-state index contributed by atoms with van der Waals surface area (Å²) in [6, 6.07) is 6.06. The van der Waals surface area contributed by atoms with Crippen molar-refractivity contribution in [1.29, 1.82) is 0 Å². The number of hydrogen-bond acceptors (Lipinski definition) is 4. The van der Waals surface area contributed by atoms with Gasteiger partial charge in [0.15, 0.2) is 0 Å². The fourth-order valence-electron chi connectivity index (χ4n) is 1.90. The SMILES string of the molecule is CNC(CS(=O)CCOC)c1cc(C)ccc1OC. The zero-order chi connectivity index (χ0) is 14.3. The van der Waals surface area contributed by atoms with Crippen LogP contribution in [-0.4, -0.2) is 43.6 Å². The third kappa shape index (κ3) is 4.93. The van der Waals surface area contributed by atoms with E-state index in [0.29, 0.717) is 18.1 Å². The minimum Gasteiger partial charge on any atom is -0.496 e. The molecule has 0 spiro atoms. The van der Waals surface area contributed by atoms with E-state index in [4.69, 9.17) is 9.47 Å². The van der Waals surface area contributed by atoms with E-state index in [9.17, 15) is 4.21 Å². The molecule has 0 aliphatic rings. The van der Waals surface area contributed by atoms with Gasteiger partial charge in [0.25, 0.3) is 0 Å². The zero-order valence-corrected chi connectivity index (χ0v) is 12.9. The van der Waals surface area contributed by atoms with Crippen LogP contribution >= 0.6 is 0 Å². The summed E-state index contributed by atoms with van der Waals surface area (Å²) in [5.74, 6) is 1.94. The van der Waals surface area contributed by atoms with Crippen LogP contribution < -0.4 is 10.1 Å². The Bertz CT molecular complexity index is 423. The Kier molecular flexibility index (Phi) is 7.05. The minimum absolute atomic E-state index is 0.0209. The molecule has 0 heterocycles. The van der Waals surface area contributed by atoms with E-state index in [1.165, 1.54) is 5.56 Å². The number of hydrogen-bond donors (Lipinski definition) is 1. The maximum Gasteiger partial charge on any atom is 0.123 e.